The van der Waals surface area contributed by atoms with Gasteiger partial charge in [-0.3, -0.25) is 13.9 Å². The Morgan fingerprint density at radius 3 is 2.22 bits per heavy atom. The van der Waals surface area contributed by atoms with Gasteiger partial charge in [-0.25, -0.2) is 8.42 Å². The number of amides is 2. The second kappa shape index (κ2) is 14.6. The summed E-state index contributed by atoms with van der Waals surface area (Å²) in [5.41, 5.74) is 2.57. The number of hydrogen-bond donors (Lipinski definition) is 1. The summed E-state index contributed by atoms with van der Waals surface area (Å²) < 4.78 is 26.4. The molecule has 2 amide bonds. The number of carbonyl (C=O) groups is 2. The molecular formula is C28H41N3O4S. The van der Waals surface area contributed by atoms with Gasteiger partial charge in [0, 0.05) is 26.1 Å². The largest absolute Gasteiger partial charge is 0.354 e. The first-order chi connectivity index (χ1) is 17.2. The van der Waals surface area contributed by atoms with Gasteiger partial charge in [0.1, 0.15) is 6.04 Å². The van der Waals surface area contributed by atoms with Crippen LogP contribution in [0.2, 0.25) is 0 Å². The summed E-state index contributed by atoms with van der Waals surface area (Å²) in [5.74, 6) is -0.272. The minimum atomic E-state index is -3.51. The van der Waals surface area contributed by atoms with Crippen molar-refractivity contribution >= 4 is 27.5 Å². The lowest BCUT2D eigenvalue weighted by atomic mass is 10.1. The summed E-state index contributed by atoms with van der Waals surface area (Å²) in [4.78, 5) is 28.0. The summed E-state index contributed by atoms with van der Waals surface area (Å²) in [6.45, 7) is 7.06. The lowest BCUT2D eigenvalue weighted by molar-refractivity contribution is -0.140. The second-order valence-corrected chi connectivity index (χ2v) is 11.0. The highest BCUT2D eigenvalue weighted by molar-refractivity contribution is 7.92. The highest BCUT2D eigenvalue weighted by atomic mass is 32.2. The van der Waals surface area contributed by atoms with Gasteiger partial charge in [0.15, 0.2) is 0 Å². The molecule has 0 fully saturated rings. The van der Waals surface area contributed by atoms with Crippen LogP contribution in [-0.2, 0) is 26.0 Å². The van der Waals surface area contributed by atoms with Gasteiger partial charge in [0.25, 0.3) is 0 Å². The molecule has 0 aromatic heterocycles. The number of carbonyl (C=O) groups excluding carboxylic acids is 2. The van der Waals surface area contributed by atoms with Crippen molar-refractivity contribution in [1.29, 1.82) is 0 Å². The van der Waals surface area contributed by atoms with Crippen molar-refractivity contribution in [2.24, 2.45) is 0 Å². The zero-order valence-electron chi connectivity index (χ0n) is 22.1. The van der Waals surface area contributed by atoms with Gasteiger partial charge in [0.05, 0.1) is 11.9 Å². The highest BCUT2D eigenvalue weighted by Crippen LogP contribution is 2.23. The van der Waals surface area contributed by atoms with Crippen LogP contribution in [0, 0.1) is 6.92 Å². The highest BCUT2D eigenvalue weighted by Gasteiger charge is 2.28. The van der Waals surface area contributed by atoms with E-state index < -0.39 is 16.1 Å². The van der Waals surface area contributed by atoms with E-state index in [4.69, 9.17) is 0 Å². The summed E-state index contributed by atoms with van der Waals surface area (Å²) in [6.07, 6.45) is 4.72. The van der Waals surface area contributed by atoms with Gasteiger partial charge >= 0.3 is 0 Å². The number of aryl methyl sites for hydroxylation is 1. The number of para-hydroxylation sites is 1. The molecule has 0 bridgehead atoms. The molecule has 0 aliphatic heterocycles. The number of anilines is 1. The Balaban J connectivity index is 2.14. The van der Waals surface area contributed by atoms with Gasteiger partial charge in [-0.05, 0) is 49.8 Å². The average Bonchev–Trinajstić information content (AvgIpc) is 2.85. The zero-order chi connectivity index (χ0) is 26.6. The van der Waals surface area contributed by atoms with Crippen molar-refractivity contribution in [2.75, 3.05) is 30.2 Å². The predicted octanol–water partition coefficient (Wildman–Crippen LogP) is 4.31. The van der Waals surface area contributed by atoms with E-state index in [1.807, 2.05) is 56.3 Å². The van der Waals surface area contributed by atoms with Crippen molar-refractivity contribution in [3.8, 4) is 0 Å². The standard InChI is InChI=1S/C28H41N3O4S/c1-5-7-20-29-28(33)25(6-2)30(22-19-24-15-9-8-10-16-24)27(32)18-13-21-31(36(4,34)35)26-17-12-11-14-23(26)3/h8-12,14-17,25H,5-7,13,18-22H2,1-4H3,(H,29,33). The number of unbranched alkanes of at least 4 members (excludes halogenated alkanes) is 1. The van der Waals surface area contributed by atoms with Crippen LogP contribution in [0.1, 0.15) is 57.1 Å². The molecule has 36 heavy (non-hydrogen) atoms. The Morgan fingerprint density at radius 1 is 0.944 bits per heavy atom. The SMILES string of the molecule is CCCCNC(=O)C(CC)N(CCc1ccccc1)C(=O)CCCN(c1ccccc1C)S(C)(=O)=O. The van der Waals surface area contributed by atoms with E-state index in [1.165, 1.54) is 10.6 Å². The van der Waals surface area contributed by atoms with E-state index in [0.29, 0.717) is 38.0 Å². The summed E-state index contributed by atoms with van der Waals surface area (Å²) in [5, 5.41) is 2.97. The molecule has 1 atom stereocenters. The van der Waals surface area contributed by atoms with Crippen molar-refractivity contribution < 1.29 is 18.0 Å². The Bertz CT molecular complexity index is 1070. The molecule has 8 heteroatoms. The second-order valence-electron chi connectivity index (χ2n) is 9.12. The number of sulfonamides is 1. The van der Waals surface area contributed by atoms with Crippen LogP contribution < -0.4 is 9.62 Å². The van der Waals surface area contributed by atoms with E-state index in [2.05, 4.69) is 12.2 Å². The lowest BCUT2D eigenvalue weighted by Crippen LogP contribution is -2.50. The van der Waals surface area contributed by atoms with Crippen LogP contribution in [0.5, 0.6) is 0 Å². The van der Waals surface area contributed by atoms with Gasteiger partial charge < -0.3 is 10.2 Å². The molecule has 0 aliphatic carbocycles. The van der Waals surface area contributed by atoms with E-state index in [-0.39, 0.29) is 24.8 Å². The summed E-state index contributed by atoms with van der Waals surface area (Å²) >= 11 is 0. The van der Waals surface area contributed by atoms with Crippen LogP contribution >= 0.6 is 0 Å². The number of nitrogens with one attached hydrogen (secondary N) is 1. The van der Waals surface area contributed by atoms with Gasteiger partial charge in [-0.15, -0.1) is 0 Å². The average molecular weight is 516 g/mol. The van der Waals surface area contributed by atoms with Crippen LogP contribution in [0.25, 0.3) is 0 Å². The quantitative estimate of drug-likeness (QED) is 0.358. The van der Waals surface area contributed by atoms with Gasteiger partial charge in [0.2, 0.25) is 21.8 Å². The van der Waals surface area contributed by atoms with Crippen LogP contribution in [0.3, 0.4) is 0 Å². The topological polar surface area (TPSA) is 86.8 Å². The smallest absolute Gasteiger partial charge is 0.242 e. The third-order valence-electron chi connectivity index (χ3n) is 6.24. The third-order valence-corrected chi connectivity index (χ3v) is 7.42. The first-order valence-electron chi connectivity index (χ1n) is 12.8. The van der Waals surface area contributed by atoms with Crippen molar-refractivity contribution in [3.63, 3.8) is 0 Å². The monoisotopic (exact) mass is 515 g/mol. The molecule has 0 saturated heterocycles. The Hall–Kier alpha value is -2.87. The fourth-order valence-corrected chi connectivity index (χ4v) is 5.25. The molecule has 0 saturated carbocycles. The number of nitrogens with zero attached hydrogens (tertiary/aromatic N) is 2. The van der Waals surface area contributed by atoms with Crippen LogP contribution in [0.15, 0.2) is 54.6 Å². The first-order valence-corrected chi connectivity index (χ1v) is 14.7. The molecule has 2 aromatic carbocycles. The fourth-order valence-electron chi connectivity index (χ4n) is 4.23. The summed E-state index contributed by atoms with van der Waals surface area (Å²) in [7, 11) is -3.51. The fraction of sp³-hybridized carbons (Fsp3) is 0.500. The van der Waals surface area contributed by atoms with E-state index in [1.54, 1.807) is 17.0 Å². The Kier molecular flexibility index (Phi) is 11.9. The number of rotatable bonds is 15. The minimum absolute atomic E-state index is 0.134. The molecule has 7 nitrogen and oxygen atoms in total. The first kappa shape index (κ1) is 29.4. The third kappa shape index (κ3) is 8.97. The summed E-state index contributed by atoms with van der Waals surface area (Å²) in [6, 6.07) is 16.7. The van der Waals surface area contributed by atoms with E-state index in [9.17, 15) is 18.0 Å². The number of hydrogen-bond acceptors (Lipinski definition) is 4. The number of benzene rings is 2. The maximum absolute atomic E-state index is 13.4. The van der Waals surface area contributed by atoms with Gasteiger partial charge in [-0.2, -0.15) is 0 Å². The molecule has 2 aromatic rings. The molecule has 0 heterocycles. The van der Waals surface area contributed by atoms with Crippen LogP contribution in [-0.4, -0.2) is 57.1 Å². The molecule has 0 aliphatic rings. The Morgan fingerprint density at radius 2 is 1.61 bits per heavy atom. The van der Waals surface area contributed by atoms with Crippen molar-refractivity contribution in [2.45, 2.75) is 65.3 Å². The molecule has 2 rings (SSSR count). The molecule has 0 spiro atoms. The molecule has 1 unspecified atom stereocenters. The van der Waals surface area contributed by atoms with Crippen LogP contribution in [0.4, 0.5) is 5.69 Å². The zero-order valence-corrected chi connectivity index (χ0v) is 22.9. The van der Waals surface area contributed by atoms with E-state index in [0.717, 1.165) is 24.0 Å². The maximum Gasteiger partial charge on any atom is 0.242 e. The molecule has 198 valence electrons. The normalized spacial score (nSPS) is 12.1. The van der Waals surface area contributed by atoms with Crippen molar-refractivity contribution in [3.05, 3.63) is 65.7 Å². The van der Waals surface area contributed by atoms with E-state index >= 15 is 0 Å². The predicted molar refractivity (Wildman–Crippen MR) is 146 cm³/mol. The lowest BCUT2D eigenvalue weighted by Gasteiger charge is -2.31. The van der Waals surface area contributed by atoms with Crippen molar-refractivity contribution in [1.82, 2.24) is 10.2 Å². The molecule has 1 N–H and O–H groups in total. The molecular weight excluding hydrogens is 474 g/mol. The maximum atomic E-state index is 13.4. The van der Waals surface area contributed by atoms with Gasteiger partial charge in [-0.1, -0.05) is 68.8 Å². The molecule has 0 radical (unpaired) electrons. The Labute approximate surface area is 216 Å². The minimum Gasteiger partial charge on any atom is -0.354 e.